The summed E-state index contributed by atoms with van der Waals surface area (Å²) in [7, 11) is 0. The fourth-order valence-electron chi connectivity index (χ4n) is 2.15. The van der Waals surface area contributed by atoms with E-state index in [-0.39, 0.29) is 18.5 Å². The van der Waals surface area contributed by atoms with E-state index in [1.807, 2.05) is 55.6 Å². The lowest BCUT2D eigenvalue weighted by Gasteiger charge is -2.11. The lowest BCUT2D eigenvalue weighted by molar-refractivity contribution is -0.122. The molecule has 1 amide bonds. The van der Waals surface area contributed by atoms with Gasteiger partial charge in [0.25, 0.3) is 0 Å². The third kappa shape index (κ3) is 3.81. The number of aromatic nitrogens is 4. The molecular weight excluding hydrogens is 310 g/mol. The summed E-state index contributed by atoms with van der Waals surface area (Å²) in [6.07, 6.45) is 0. The second-order valence-electron chi connectivity index (χ2n) is 5.31. The molecule has 0 saturated carbocycles. The van der Waals surface area contributed by atoms with E-state index >= 15 is 0 Å². The van der Waals surface area contributed by atoms with E-state index in [0.717, 1.165) is 10.4 Å². The highest BCUT2D eigenvalue weighted by Gasteiger charge is 2.13. The summed E-state index contributed by atoms with van der Waals surface area (Å²) >= 11 is 1.62. The molecule has 0 radical (unpaired) electrons. The minimum Gasteiger partial charge on any atom is -0.347 e. The Bertz CT molecular complexity index is 779. The largest absolute Gasteiger partial charge is 0.347 e. The first-order valence-corrected chi connectivity index (χ1v) is 8.17. The standard InChI is InChI=1S/C16H17N5OS/c1-11-5-7-13(8-6-11)16-18-20-21(19-16)10-15(22)17-12(2)14-4-3-9-23-14/h3-9,12H,10H2,1-2H3,(H,17,22)/t12-/m1/s1. The van der Waals surface area contributed by atoms with Crippen LogP contribution in [-0.2, 0) is 11.3 Å². The van der Waals surface area contributed by atoms with Gasteiger partial charge in [-0.2, -0.15) is 4.80 Å². The summed E-state index contributed by atoms with van der Waals surface area (Å²) in [5.41, 5.74) is 2.05. The minimum absolute atomic E-state index is 0.0254. The number of amides is 1. The number of nitrogens with zero attached hydrogens (tertiary/aromatic N) is 4. The van der Waals surface area contributed by atoms with E-state index in [1.165, 1.54) is 10.4 Å². The Hall–Kier alpha value is -2.54. The second-order valence-corrected chi connectivity index (χ2v) is 6.29. The zero-order valence-electron chi connectivity index (χ0n) is 12.9. The van der Waals surface area contributed by atoms with Crippen LogP contribution < -0.4 is 5.32 Å². The molecular formula is C16H17N5OS. The van der Waals surface area contributed by atoms with Crippen LogP contribution in [0.5, 0.6) is 0 Å². The van der Waals surface area contributed by atoms with Crippen molar-refractivity contribution in [3.05, 3.63) is 52.2 Å². The molecule has 0 aliphatic heterocycles. The van der Waals surface area contributed by atoms with Crippen molar-refractivity contribution in [3.63, 3.8) is 0 Å². The molecule has 3 aromatic rings. The number of nitrogens with one attached hydrogen (secondary N) is 1. The molecule has 1 aromatic carbocycles. The van der Waals surface area contributed by atoms with Crippen molar-refractivity contribution in [1.29, 1.82) is 0 Å². The average Bonchev–Trinajstić information content (AvgIpc) is 3.19. The number of thiophene rings is 1. The molecule has 0 spiro atoms. The third-order valence-electron chi connectivity index (χ3n) is 3.40. The maximum Gasteiger partial charge on any atom is 0.244 e. The highest BCUT2D eigenvalue weighted by Crippen LogP contribution is 2.18. The Kier molecular flexibility index (Phi) is 4.47. The van der Waals surface area contributed by atoms with Gasteiger partial charge in [0.15, 0.2) is 0 Å². The van der Waals surface area contributed by atoms with Gasteiger partial charge in [-0.05, 0) is 30.5 Å². The topological polar surface area (TPSA) is 72.7 Å². The van der Waals surface area contributed by atoms with Crippen molar-refractivity contribution < 1.29 is 4.79 Å². The SMILES string of the molecule is Cc1ccc(-c2nnn(CC(=O)N[C@H](C)c3cccs3)n2)cc1. The highest BCUT2D eigenvalue weighted by molar-refractivity contribution is 7.10. The van der Waals surface area contributed by atoms with Gasteiger partial charge in [0.05, 0.1) is 6.04 Å². The van der Waals surface area contributed by atoms with Crippen molar-refractivity contribution in [2.24, 2.45) is 0 Å². The fourth-order valence-corrected chi connectivity index (χ4v) is 2.89. The van der Waals surface area contributed by atoms with Crippen LogP contribution in [0.2, 0.25) is 0 Å². The molecule has 2 aromatic heterocycles. The Balaban J connectivity index is 1.62. The summed E-state index contributed by atoms with van der Waals surface area (Å²) in [5, 5.41) is 17.1. The number of aryl methyl sites for hydroxylation is 1. The molecule has 118 valence electrons. The van der Waals surface area contributed by atoms with Gasteiger partial charge in [-0.3, -0.25) is 4.79 Å². The number of carbonyl (C=O) groups excluding carboxylic acids is 1. The molecule has 2 heterocycles. The van der Waals surface area contributed by atoms with Crippen LogP contribution in [-0.4, -0.2) is 26.1 Å². The van der Waals surface area contributed by atoms with Crippen LogP contribution >= 0.6 is 11.3 Å². The number of benzene rings is 1. The third-order valence-corrected chi connectivity index (χ3v) is 4.45. The summed E-state index contributed by atoms with van der Waals surface area (Å²) < 4.78 is 0. The first-order chi connectivity index (χ1) is 11.1. The molecule has 0 bridgehead atoms. The first kappa shape index (κ1) is 15.4. The molecule has 0 fully saturated rings. The van der Waals surface area contributed by atoms with E-state index in [2.05, 4.69) is 20.7 Å². The van der Waals surface area contributed by atoms with E-state index in [0.29, 0.717) is 5.82 Å². The predicted octanol–water partition coefficient (Wildman–Crippen LogP) is 2.59. The van der Waals surface area contributed by atoms with Crippen LogP contribution in [0.25, 0.3) is 11.4 Å². The Labute approximate surface area is 138 Å². The molecule has 6 nitrogen and oxygen atoms in total. The van der Waals surface area contributed by atoms with Crippen molar-refractivity contribution in [3.8, 4) is 11.4 Å². The number of carbonyl (C=O) groups is 1. The predicted molar refractivity (Wildman–Crippen MR) is 88.9 cm³/mol. The normalized spacial score (nSPS) is 12.1. The Morgan fingerprint density at radius 1 is 1.30 bits per heavy atom. The molecule has 7 heteroatoms. The van der Waals surface area contributed by atoms with Gasteiger partial charge in [-0.15, -0.1) is 21.5 Å². The van der Waals surface area contributed by atoms with Gasteiger partial charge < -0.3 is 5.32 Å². The van der Waals surface area contributed by atoms with Gasteiger partial charge in [0.2, 0.25) is 11.7 Å². The molecule has 0 aliphatic rings. The molecule has 0 unspecified atom stereocenters. The summed E-state index contributed by atoms with van der Waals surface area (Å²) in [4.78, 5) is 14.5. The summed E-state index contributed by atoms with van der Waals surface area (Å²) in [5.74, 6) is 0.378. The zero-order valence-corrected chi connectivity index (χ0v) is 13.7. The van der Waals surface area contributed by atoms with Gasteiger partial charge in [0, 0.05) is 10.4 Å². The van der Waals surface area contributed by atoms with Crippen LogP contribution in [0.3, 0.4) is 0 Å². The molecule has 23 heavy (non-hydrogen) atoms. The van der Waals surface area contributed by atoms with Gasteiger partial charge in [-0.25, -0.2) is 0 Å². The van der Waals surface area contributed by atoms with Crippen LogP contribution in [0.15, 0.2) is 41.8 Å². The molecule has 1 N–H and O–H groups in total. The van der Waals surface area contributed by atoms with Crippen LogP contribution in [0.1, 0.15) is 23.4 Å². The average molecular weight is 327 g/mol. The van der Waals surface area contributed by atoms with Gasteiger partial charge in [0.1, 0.15) is 6.54 Å². The van der Waals surface area contributed by atoms with Crippen molar-refractivity contribution in [2.45, 2.75) is 26.4 Å². The molecule has 0 saturated heterocycles. The maximum atomic E-state index is 12.1. The smallest absolute Gasteiger partial charge is 0.244 e. The number of rotatable bonds is 5. The van der Waals surface area contributed by atoms with Crippen molar-refractivity contribution in [1.82, 2.24) is 25.5 Å². The summed E-state index contributed by atoms with van der Waals surface area (Å²) in [6, 6.07) is 11.8. The zero-order chi connectivity index (χ0) is 16.2. The quantitative estimate of drug-likeness (QED) is 0.782. The van der Waals surface area contributed by atoms with Crippen molar-refractivity contribution in [2.75, 3.05) is 0 Å². The Morgan fingerprint density at radius 3 is 2.78 bits per heavy atom. The van der Waals surface area contributed by atoms with Crippen LogP contribution in [0, 0.1) is 6.92 Å². The molecule has 0 aliphatic carbocycles. The van der Waals surface area contributed by atoms with Crippen LogP contribution in [0.4, 0.5) is 0 Å². The molecule has 3 rings (SSSR count). The number of tetrazole rings is 1. The maximum absolute atomic E-state index is 12.1. The van der Waals surface area contributed by atoms with Crippen molar-refractivity contribution >= 4 is 17.2 Å². The highest BCUT2D eigenvalue weighted by atomic mass is 32.1. The Morgan fingerprint density at radius 2 is 2.09 bits per heavy atom. The van der Waals surface area contributed by atoms with E-state index in [9.17, 15) is 4.79 Å². The fraction of sp³-hybridized carbons (Fsp3) is 0.250. The summed E-state index contributed by atoms with van der Waals surface area (Å²) in [6.45, 7) is 4.03. The number of hydrogen-bond acceptors (Lipinski definition) is 5. The lowest BCUT2D eigenvalue weighted by Crippen LogP contribution is -2.30. The number of hydrogen-bond donors (Lipinski definition) is 1. The first-order valence-electron chi connectivity index (χ1n) is 7.29. The second kappa shape index (κ2) is 6.70. The van der Waals surface area contributed by atoms with Gasteiger partial charge >= 0.3 is 0 Å². The van der Waals surface area contributed by atoms with Gasteiger partial charge in [-0.1, -0.05) is 35.9 Å². The minimum atomic E-state index is -0.140. The van der Waals surface area contributed by atoms with E-state index < -0.39 is 0 Å². The van der Waals surface area contributed by atoms with E-state index in [1.54, 1.807) is 11.3 Å². The molecule has 1 atom stereocenters. The lowest BCUT2D eigenvalue weighted by atomic mass is 10.1. The van der Waals surface area contributed by atoms with E-state index in [4.69, 9.17) is 0 Å². The monoisotopic (exact) mass is 327 g/mol.